The van der Waals surface area contributed by atoms with Gasteiger partial charge in [0.25, 0.3) is 5.91 Å². The number of hydrogen-bond donors (Lipinski definition) is 3. The van der Waals surface area contributed by atoms with E-state index in [0.717, 1.165) is 0 Å². The number of aliphatic hydroxyl groups excluding tert-OH is 1. The molecule has 3 N–H and O–H groups in total. The number of rotatable bonds is 4. The lowest BCUT2D eigenvalue weighted by molar-refractivity contribution is 0.0696. The lowest BCUT2D eigenvalue weighted by Gasteiger charge is -2.09. The minimum absolute atomic E-state index is 0.123. The summed E-state index contributed by atoms with van der Waals surface area (Å²) in [5.41, 5.74) is 1.62. The molecule has 0 aromatic heterocycles. The summed E-state index contributed by atoms with van der Waals surface area (Å²) < 4.78 is 0. The molecule has 0 heterocycles. The van der Waals surface area contributed by atoms with E-state index >= 15 is 0 Å². The van der Waals surface area contributed by atoms with Crippen LogP contribution in [0.3, 0.4) is 0 Å². The molecule has 0 fully saturated rings. The second-order valence-electron chi connectivity index (χ2n) is 4.15. The van der Waals surface area contributed by atoms with Gasteiger partial charge in [0, 0.05) is 16.8 Å². The largest absolute Gasteiger partial charge is 0.478 e. The van der Waals surface area contributed by atoms with Crippen LogP contribution < -0.4 is 5.32 Å². The maximum absolute atomic E-state index is 12.0. The van der Waals surface area contributed by atoms with E-state index < -0.39 is 5.97 Å². The van der Waals surface area contributed by atoms with E-state index in [1.807, 2.05) is 0 Å². The van der Waals surface area contributed by atoms with Crippen LogP contribution in [-0.2, 0) is 6.61 Å². The van der Waals surface area contributed by atoms with Crippen molar-refractivity contribution in [2.45, 2.75) is 6.61 Å². The van der Waals surface area contributed by atoms with Crippen LogP contribution in [0.15, 0.2) is 48.5 Å². The molecule has 0 aliphatic carbocycles. The van der Waals surface area contributed by atoms with Crippen LogP contribution >= 0.6 is 0 Å². The minimum atomic E-state index is -1.04. The van der Waals surface area contributed by atoms with Gasteiger partial charge in [-0.1, -0.05) is 18.2 Å². The molecule has 20 heavy (non-hydrogen) atoms. The lowest BCUT2D eigenvalue weighted by atomic mass is 10.1. The number of carboxylic acid groups (broad SMARTS) is 1. The number of anilines is 1. The fraction of sp³-hybridized carbons (Fsp3) is 0.0667. The lowest BCUT2D eigenvalue weighted by Crippen LogP contribution is -2.13. The first kappa shape index (κ1) is 13.8. The summed E-state index contributed by atoms with van der Waals surface area (Å²) in [7, 11) is 0. The number of carboxylic acids is 1. The van der Waals surface area contributed by atoms with E-state index in [-0.39, 0.29) is 18.1 Å². The van der Waals surface area contributed by atoms with Gasteiger partial charge in [-0.15, -0.1) is 0 Å². The molecule has 0 aliphatic heterocycles. The first-order chi connectivity index (χ1) is 9.61. The highest BCUT2D eigenvalue weighted by molar-refractivity contribution is 6.05. The Hall–Kier alpha value is -2.66. The van der Waals surface area contributed by atoms with E-state index in [1.165, 1.54) is 24.3 Å². The Morgan fingerprint density at radius 1 is 0.950 bits per heavy atom. The Balaban J connectivity index is 2.17. The van der Waals surface area contributed by atoms with Crippen LogP contribution in [0.5, 0.6) is 0 Å². The Kier molecular flexibility index (Phi) is 4.12. The summed E-state index contributed by atoms with van der Waals surface area (Å²) in [6, 6.07) is 12.6. The fourth-order valence-corrected chi connectivity index (χ4v) is 1.74. The van der Waals surface area contributed by atoms with Crippen molar-refractivity contribution < 1.29 is 19.8 Å². The molecule has 102 valence electrons. The van der Waals surface area contributed by atoms with Gasteiger partial charge in [-0.25, -0.2) is 4.79 Å². The SMILES string of the molecule is O=C(O)c1ccc(C(=O)Nc2ccccc2CO)cc1. The molecule has 0 unspecified atom stereocenters. The van der Waals surface area contributed by atoms with Gasteiger partial charge in [0.1, 0.15) is 0 Å². The number of carbonyl (C=O) groups excluding carboxylic acids is 1. The predicted octanol–water partition coefficient (Wildman–Crippen LogP) is 2.13. The summed E-state index contributed by atoms with van der Waals surface area (Å²) in [5.74, 6) is -1.40. The zero-order chi connectivity index (χ0) is 14.5. The summed E-state index contributed by atoms with van der Waals surface area (Å²) in [5, 5.41) is 20.7. The third-order valence-electron chi connectivity index (χ3n) is 2.83. The van der Waals surface area contributed by atoms with E-state index in [1.54, 1.807) is 24.3 Å². The number of nitrogens with one attached hydrogen (secondary N) is 1. The first-order valence-corrected chi connectivity index (χ1v) is 5.95. The number of para-hydroxylation sites is 1. The van der Waals surface area contributed by atoms with Crippen molar-refractivity contribution in [1.82, 2.24) is 0 Å². The highest BCUT2D eigenvalue weighted by Gasteiger charge is 2.09. The molecular weight excluding hydrogens is 258 g/mol. The van der Waals surface area contributed by atoms with Crippen LogP contribution in [0.1, 0.15) is 26.3 Å². The maximum atomic E-state index is 12.0. The zero-order valence-electron chi connectivity index (χ0n) is 10.5. The van der Waals surface area contributed by atoms with Gasteiger partial charge in [0.05, 0.1) is 12.2 Å². The number of aliphatic hydroxyl groups is 1. The van der Waals surface area contributed by atoms with Crippen molar-refractivity contribution in [2.75, 3.05) is 5.32 Å². The predicted molar refractivity (Wildman–Crippen MR) is 73.7 cm³/mol. The minimum Gasteiger partial charge on any atom is -0.478 e. The average molecular weight is 271 g/mol. The second-order valence-corrected chi connectivity index (χ2v) is 4.15. The summed E-state index contributed by atoms with van der Waals surface area (Å²) >= 11 is 0. The summed E-state index contributed by atoms with van der Waals surface area (Å²) in [6.07, 6.45) is 0. The molecule has 2 aromatic carbocycles. The molecule has 5 heteroatoms. The first-order valence-electron chi connectivity index (χ1n) is 5.95. The molecule has 0 saturated carbocycles. The van der Waals surface area contributed by atoms with E-state index in [9.17, 15) is 14.7 Å². The van der Waals surface area contributed by atoms with E-state index in [4.69, 9.17) is 5.11 Å². The van der Waals surface area contributed by atoms with E-state index in [0.29, 0.717) is 16.8 Å². The number of hydrogen-bond acceptors (Lipinski definition) is 3. The molecule has 0 saturated heterocycles. The molecule has 2 rings (SSSR count). The van der Waals surface area contributed by atoms with Crippen LogP contribution in [0.2, 0.25) is 0 Å². The smallest absolute Gasteiger partial charge is 0.335 e. The van der Waals surface area contributed by atoms with Crippen molar-refractivity contribution in [3.63, 3.8) is 0 Å². The van der Waals surface area contributed by atoms with Crippen molar-refractivity contribution in [3.8, 4) is 0 Å². The Morgan fingerprint density at radius 3 is 2.15 bits per heavy atom. The van der Waals surface area contributed by atoms with Crippen LogP contribution in [0.25, 0.3) is 0 Å². The van der Waals surface area contributed by atoms with Gasteiger partial charge >= 0.3 is 5.97 Å². The molecule has 0 spiro atoms. The number of carbonyl (C=O) groups is 2. The van der Waals surface area contributed by atoms with Crippen LogP contribution in [0, 0.1) is 0 Å². The topological polar surface area (TPSA) is 86.6 Å². The highest BCUT2D eigenvalue weighted by atomic mass is 16.4. The molecule has 2 aromatic rings. The Morgan fingerprint density at radius 2 is 1.55 bits per heavy atom. The number of benzene rings is 2. The molecule has 0 radical (unpaired) electrons. The van der Waals surface area contributed by atoms with E-state index in [2.05, 4.69) is 5.32 Å². The van der Waals surface area contributed by atoms with Gasteiger partial charge in [0.2, 0.25) is 0 Å². The molecule has 0 bridgehead atoms. The monoisotopic (exact) mass is 271 g/mol. The van der Waals surface area contributed by atoms with Crippen molar-refractivity contribution in [2.24, 2.45) is 0 Å². The van der Waals surface area contributed by atoms with Gasteiger partial charge in [-0.3, -0.25) is 4.79 Å². The van der Waals surface area contributed by atoms with Crippen LogP contribution in [0.4, 0.5) is 5.69 Å². The van der Waals surface area contributed by atoms with Gasteiger partial charge in [-0.2, -0.15) is 0 Å². The van der Waals surface area contributed by atoms with Crippen molar-refractivity contribution in [3.05, 3.63) is 65.2 Å². The molecular formula is C15H13NO4. The number of aromatic carboxylic acids is 1. The quantitative estimate of drug-likeness (QED) is 0.795. The Labute approximate surface area is 115 Å². The van der Waals surface area contributed by atoms with Gasteiger partial charge < -0.3 is 15.5 Å². The van der Waals surface area contributed by atoms with Crippen LogP contribution in [-0.4, -0.2) is 22.1 Å². The normalized spacial score (nSPS) is 10.1. The summed E-state index contributed by atoms with van der Waals surface area (Å²) in [6.45, 7) is -0.172. The molecule has 1 amide bonds. The molecule has 0 aliphatic rings. The molecule has 5 nitrogen and oxygen atoms in total. The highest BCUT2D eigenvalue weighted by Crippen LogP contribution is 2.16. The Bertz CT molecular complexity index is 635. The average Bonchev–Trinajstić information content (AvgIpc) is 2.48. The summed E-state index contributed by atoms with van der Waals surface area (Å²) in [4.78, 5) is 22.8. The van der Waals surface area contributed by atoms with Crippen molar-refractivity contribution in [1.29, 1.82) is 0 Å². The standard InChI is InChI=1S/C15H13NO4/c17-9-12-3-1-2-4-13(12)16-14(18)10-5-7-11(8-6-10)15(19)20/h1-8,17H,9H2,(H,16,18)(H,19,20). The maximum Gasteiger partial charge on any atom is 0.335 e. The number of amides is 1. The fourth-order valence-electron chi connectivity index (χ4n) is 1.74. The van der Waals surface area contributed by atoms with Gasteiger partial charge in [0.15, 0.2) is 0 Å². The third kappa shape index (κ3) is 3.02. The third-order valence-corrected chi connectivity index (χ3v) is 2.83. The zero-order valence-corrected chi connectivity index (χ0v) is 10.5. The van der Waals surface area contributed by atoms with Gasteiger partial charge in [-0.05, 0) is 30.3 Å². The molecule has 0 atom stereocenters. The van der Waals surface area contributed by atoms with Crippen molar-refractivity contribution >= 4 is 17.6 Å². The second kappa shape index (κ2) is 5.99.